The van der Waals surface area contributed by atoms with Gasteiger partial charge in [0.2, 0.25) is 0 Å². The van der Waals surface area contributed by atoms with E-state index in [2.05, 4.69) is 35.6 Å². The molecule has 1 N–H and O–H groups in total. The van der Waals surface area contributed by atoms with Gasteiger partial charge in [-0.3, -0.25) is 0 Å². The minimum Gasteiger partial charge on any atom is -0.493 e. The number of ether oxygens (including phenoxy) is 3. The van der Waals surface area contributed by atoms with Crippen molar-refractivity contribution in [2.45, 2.75) is 24.9 Å². The van der Waals surface area contributed by atoms with Crippen LogP contribution in [0.5, 0.6) is 11.5 Å². The monoisotopic (exact) mass is 341 g/mol. The Hall–Kier alpha value is -2.04. The second kappa shape index (κ2) is 8.37. The van der Waals surface area contributed by atoms with Gasteiger partial charge in [0.15, 0.2) is 11.5 Å². The number of piperidine rings is 1. The quantitative estimate of drug-likeness (QED) is 0.836. The highest BCUT2D eigenvalue weighted by atomic mass is 16.5. The lowest BCUT2D eigenvalue weighted by Gasteiger charge is -2.38. The number of nitrogens with one attached hydrogen (secondary N) is 1. The zero-order chi connectivity index (χ0) is 17.5. The molecule has 3 rings (SSSR count). The number of benzene rings is 2. The van der Waals surface area contributed by atoms with Gasteiger partial charge in [-0.2, -0.15) is 0 Å². The standard InChI is InChI=1S/C21H27NO3/c1-23-19-10-6-7-17(20(19)24-2)15-25-16-21(11-13-22-14-12-21)18-8-4-3-5-9-18/h3-10,22H,11-16H2,1-2H3. The third kappa shape index (κ3) is 3.97. The minimum absolute atomic E-state index is 0.0820. The summed E-state index contributed by atoms with van der Waals surface area (Å²) in [6.45, 7) is 3.28. The summed E-state index contributed by atoms with van der Waals surface area (Å²) in [7, 11) is 3.32. The average Bonchev–Trinajstić information content (AvgIpc) is 2.69. The molecule has 4 heteroatoms. The number of rotatable bonds is 7. The fraction of sp³-hybridized carbons (Fsp3) is 0.429. The zero-order valence-electron chi connectivity index (χ0n) is 15.1. The Morgan fingerprint density at radius 1 is 0.920 bits per heavy atom. The number of hydrogen-bond donors (Lipinski definition) is 1. The van der Waals surface area contributed by atoms with Crippen molar-refractivity contribution in [1.82, 2.24) is 5.32 Å². The van der Waals surface area contributed by atoms with Crippen LogP contribution in [0.3, 0.4) is 0 Å². The molecule has 2 aromatic carbocycles. The fourth-order valence-corrected chi connectivity index (χ4v) is 3.64. The highest BCUT2D eigenvalue weighted by molar-refractivity contribution is 5.46. The van der Waals surface area contributed by atoms with Gasteiger partial charge < -0.3 is 19.5 Å². The molecule has 0 bridgehead atoms. The van der Waals surface area contributed by atoms with Crippen molar-refractivity contribution in [2.24, 2.45) is 0 Å². The van der Waals surface area contributed by atoms with Gasteiger partial charge in [-0.05, 0) is 37.6 Å². The maximum atomic E-state index is 6.20. The molecule has 0 aromatic heterocycles. The van der Waals surface area contributed by atoms with Crippen LogP contribution in [0.15, 0.2) is 48.5 Å². The summed E-state index contributed by atoms with van der Waals surface area (Å²) in [5.41, 5.74) is 2.46. The molecule has 0 unspecified atom stereocenters. The fourth-order valence-electron chi connectivity index (χ4n) is 3.64. The van der Waals surface area contributed by atoms with Crippen LogP contribution in [-0.2, 0) is 16.8 Å². The van der Waals surface area contributed by atoms with E-state index >= 15 is 0 Å². The van der Waals surface area contributed by atoms with E-state index in [1.165, 1.54) is 5.56 Å². The summed E-state index contributed by atoms with van der Waals surface area (Å²) in [6.07, 6.45) is 2.18. The summed E-state index contributed by atoms with van der Waals surface area (Å²) in [6, 6.07) is 16.6. The first-order valence-corrected chi connectivity index (χ1v) is 8.83. The van der Waals surface area contributed by atoms with Crippen LogP contribution in [0, 0.1) is 0 Å². The molecule has 1 saturated heterocycles. The third-order valence-corrected chi connectivity index (χ3v) is 5.07. The second-order valence-electron chi connectivity index (χ2n) is 6.54. The van der Waals surface area contributed by atoms with E-state index in [4.69, 9.17) is 14.2 Å². The molecule has 25 heavy (non-hydrogen) atoms. The molecule has 134 valence electrons. The van der Waals surface area contributed by atoms with Crippen LogP contribution >= 0.6 is 0 Å². The van der Waals surface area contributed by atoms with Crippen LogP contribution in [0.25, 0.3) is 0 Å². The average molecular weight is 341 g/mol. The Labute approximate surface area is 150 Å². The maximum absolute atomic E-state index is 6.20. The molecule has 1 heterocycles. The predicted molar refractivity (Wildman–Crippen MR) is 99.4 cm³/mol. The molecular weight excluding hydrogens is 314 g/mol. The van der Waals surface area contributed by atoms with E-state index < -0.39 is 0 Å². The SMILES string of the molecule is COc1cccc(COCC2(c3ccccc3)CCNCC2)c1OC. The highest BCUT2D eigenvalue weighted by Crippen LogP contribution is 2.35. The lowest BCUT2D eigenvalue weighted by Crippen LogP contribution is -2.43. The van der Waals surface area contributed by atoms with Gasteiger partial charge in [-0.15, -0.1) is 0 Å². The Morgan fingerprint density at radius 2 is 1.68 bits per heavy atom. The second-order valence-corrected chi connectivity index (χ2v) is 6.54. The van der Waals surface area contributed by atoms with Gasteiger partial charge in [0.1, 0.15) is 0 Å². The van der Waals surface area contributed by atoms with Crippen LogP contribution in [0.2, 0.25) is 0 Å². The van der Waals surface area contributed by atoms with Gasteiger partial charge in [0.05, 0.1) is 27.4 Å². The van der Waals surface area contributed by atoms with Gasteiger partial charge in [-0.1, -0.05) is 42.5 Å². The van der Waals surface area contributed by atoms with Crippen molar-refractivity contribution < 1.29 is 14.2 Å². The molecule has 0 saturated carbocycles. The van der Waals surface area contributed by atoms with Crippen molar-refractivity contribution in [2.75, 3.05) is 33.9 Å². The van der Waals surface area contributed by atoms with E-state index in [0.29, 0.717) is 13.2 Å². The van der Waals surface area contributed by atoms with Crippen molar-refractivity contribution in [3.8, 4) is 11.5 Å². The van der Waals surface area contributed by atoms with Gasteiger partial charge >= 0.3 is 0 Å². The lowest BCUT2D eigenvalue weighted by atomic mass is 9.74. The largest absolute Gasteiger partial charge is 0.493 e. The summed E-state index contributed by atoms with van der Waals surface area (Å²) in [5, 5.41) is 3.46. The normalized spacial score (nSPS) is 16.4. The zero-order valence-corrected chi connectivity index (χ0v) is 15.1. The number of hydrogen-bond acceptors (Lipinski definition) is 4. The van der Waals surface area contributed by atoms with Crippen molar-refractivity contribution in [3.05, 3.63) is 59.7 Å². The third-order valence-electron chi connectivity index (χ3n) is 5.07. The molecule has 0 amide bonds. The number of para-hydroxylation sites is 1. The first-order chi connectivity index (χ1) is 12.3. The lowest BCUT2D eigenvalue weighted by molar-refractivity contribution is 0.0554. The first kappa shape index (κ1) is 17.8. The van der Waals surface area contributed by atoms with Gasteiger partial charge in [0.25, 0.3) is 0 Å². The summed E-state index contributed by atoms with van der Waals surface area (Å²) >= 11 is 0. The molecule has 1 fully saturated rings. The van der Waals surface area contributed by atoms with E-state index in [9.17, 15) is 0 Å². The molecule has 1 aliphatic heterocycles. The first-order valence-electron chi connectivity index (χ1n) is 8.83. The van der Waals surface area contributed by atoms with E-state index in [1.807, 2.05) is 18.2 Å². The molecule has 0 atom stereocenters. The molecule has 2 aromatic rings. The summed E-state index contributed by atoms with van der Waals surface area (Å²) in [4.78, 5) is 0. The van der Waals surface area contributed by atoms with Gasteiger partial charge in [-0.25, -0.2) is 0 Å². The molecule has 4 nitrogen and oxygen atoms in total. The minimum atomic E-state index is 0.0820. The molecule has 0 aliphatic carbocycles. The molecule has 0 spiro atoms. The topological polar surface area (TPSA) is 39.7 Å². The van der Waals surface area contributed by atoms with Crippen molar-refractivity contribution in [1.29, 1.82) is 0 Å². The van der Waals surface area contributed by atoms with Crippen LogP contribution < -0.4 is 14.8 Å². The highest BCUT2D eigenvalue weighted by Gasteiger charge is 2.34. The smallest absolute Gasteiger partial charge is 0.166 e. The van der Waals surface area contributed by atoms with Crippen LogP contribution in [-0.4, -0.2) is 33.9 Å². The number of methoxy groups -OCH3 is 2. The maximum Gasteiger partial charge on any atom is 0.166 e. The Kier molecular flexibility index (Phi) is 5.95. The Morgan fingerprint density at radius 3 is 2.36 bits per heavy atom. The van der Waals surface area contributed by atoms with Crippen LogP contribution in [0.1, 0.15) is 24.0 Å². The summed E-state index contributed by atoms with van der Waals surface area (Å²) in [5.74, 6) is 1.49. The summed E-state index contributed by atoms with van der Waals surface area (Å²) < 4.78 is 17.1. The predicted octanol–water partition coefficient (Wildman–Crippen LogP) is 3.54. The Bertz CT molecular complexity index is 666. The molecule has 0 radical (unpaired) electrons. The van der Waals surface area contributed by atoms with Gasteiger partial charge in [0, 0.05) is 11.0 Å². The van der Waals surface area contributed by atoms with Crippen molar-refractivity contribution >= 4 is 0 Å². The van der Waals surface area contributed by atoms with E-state index in [1.54, 1.807) is 14.2 Å². The Balaban J connectivity index is 1.73. The van der Waals surface area contributed by atoms with Crippen molar-refractivity contribution in [3.63, 3.8) is 0 Å². The van der Waals surface area contributed by atoms with E-state index in [0.717, 1.165) is 43.0 Å². The molecule has 1 aliphatic rings. The van der Waals surface area contributed by atoms with E-state index in [-0.39, 0.29) is 5.41 Å². The van der Waals surface area contributed by atoms with Crippen LogP contribution in [0.4, 0.5) is 0 Å². The molecular formula is C21H27NO3.